The second-order valence-electron chi connectivity index (χ2n) is 5.64. The summed E-state index contributed by atoms with van der Waals surface area (Å²) >= 11 is 3.41. The smallest absolute Gasteiger partial charge is 0.257 e. The van der Waals surface area contributed by atoms with E-state index < -0.39 is 0 Å². The van der Waals surface area contributed by atoms with E-state index in [1.807, 2.05) is 13.8 Å². The molecule has 0 atom stereocenters. The van der Waals surface area contributed by atoms with Gasteiger partial charge in [-0.05, 0) is 66.2 Å². The summed E-state index contributed by atoms with van der Waals surface area (Å²) in [5.41, 5.74) is 1.02. The van der Waals surface area contributed by atoms with Crippen molar-refractivity contribution < 1.29 is 23.8 Å². The molecule has 0 radical (unpaired) electrons. The Morgan fingerprint density at radius 3 is 2.39 bits per heavy atom. The van der Waals surface area contributed by atoms with Gasteiger partial charge in [0, 0.05) is 17.8 Å². The SMILES string of the molecule is CCNC(=O)COc1ccc(NC(=O)c2cc(Br)c(OCC)c(OC)c2)cc1. The van der Waals surface area contributed by atoms with Gasteiger partial charge in [-0.25, -0.2) is 0 Å². The molecule has 0 unspecified atom stereocenters. The van der Waals surface area contributed by atoms with Crippen molar-refractivity contribution in [3.63, 3.8) is 0 Å². The predicted octanol–water partition coefficient (Wildman–Crippen LogP) is 3.62. The van der Waals surface area contributed by atoms with Gasteiger partial charge in [0.25, 0.3) is 11.8 Å². The van der Waals surface area contributed by atoms with E-state index in [9.17, 15) is 9.59 Å². The molecule has 0 heterocycles. The molecule has 0 aliphatic rings. The first kappa shape index (κ1) is 21.6. The molecule has 0 aromatic heterocycles. The Labute approximate surface area is 172 Å². The monoisotopic (exact) mass is 450 g/mol. The van der Waals surface area contributed by atoms with Gasteiger partial charge in [0.15, 0.2) is 18.1 Å². The first-order chi connectivity index (χ1) is 13.5. The highest BCUT2D eigenvalue weighted by Gasteiger charge is 2.15. The zero-order valence-electron chi connectivity index (χ0n) is 16.0. The van der Waals surface area contributed by atoms with Gasteiger partial charge < -0.3 is 24.8 Å². The minimum Gasteiger partial charge on any atom is -0.493 e. The summed E-state index contributed by atoms with van der Waals surface area (Å²) < 4.78 is 16.9. The number of methoxy groups -OCH3 is 1. The van der Waals surface area contributed by atoms with Crippen LogP contribution in [0.1, 0.15) is 24.2 Å². The Kier molecular flexibility index (Phi) is 8.13. The van der Waals surface area contributed by atoms with Crippen molar-refractivity contribution in [3.8, 4) is 17.2 Å². The van der Waals surface area contributed by atoms with Gasteiger partial charge in [-0.3, -0.25) is 9.59 Å². The molecule has 2 rings (SSSR count). The van der Waals surface area contributed by atoms with E-state index >= 15 is 0 Å². The van der Waals surface area contributed by atoms with Crippen molar-refractivity contribution in [2.24, 2.45) is 0 Å². The van der Waals surface area contributed by atoms with E-state index in [2.05, 4.69) is 26.6 Å². The van der Waals surface area contributed by atoms with E-state index in [1.54, 1.807) is 36.4 Å². The van der Waals surface area contributed by atoms with E-state index in [1.165, 1.54) is 7.11 Å². The molecule has 2 aromatic carbocycles. The number of halogens is 1. The number of hydrogen-bond acceptors (Lipinski definition) is 5. The van der Waals surface area contributed by atoms with Crippen molar-refractivity contribution >= 4 is 33.4 Å². The Morgan fingerprint density at radius 2 is 1.79 bits per heavy atom. The van der Waals surface area contributed by atoms with Crippen LogP contribution in [-0.2, 0) is 4.79 Å². The van der Waals surface area contributed by atoms with Gasteiger partial charge in [0.05, 0.1) is 18.2 Å². The van der Waals surface area contributed by atoms with Gasteiger partial charge in [-0.15, -0.1) is 0 Å². The summed E-state index contributed by atoms with van der Waals surface area (Å²) in [4.78, 5) is 24.0. The molecular formula is C20H23BrN2O5. The minimum atomic E-state index is -0.293. The van der Waals surface area contributed by atoms with Crippen LogP contribution in [0.2, 0.25) is 0 Å². The summed E-state index contributed by atoms with van der Waals surface area (Å²) in [6, 6.07) is 10.1. The Balaban J connectivity index is 2.04. The third-order valence-electron chi connectivity index (χ3n) is 3.64. The molecule has 0 aliphatic carbocycles. The van der Waals surface area contributed by atoms with Crippen LogP contribution in [0.3, 0.4) is 0 Å². The lowest BCUT2D eigenvalue weighted by Gasteiger charge is -2.13. The lowest BCUT2D eigenvalue weighted by molar-refractivity contribution is -0.122. The Morgan fingerprint density at radius 1 is 1.07 bits per heavy atom. The average Bonchev–Trinajstić information content (AvgIpc) is 2.69. The number of rotatable bonds is 9. The van der Waals surface area contributed by atoms with Crippen molar-refractivity contribution in [1.82, 2.24) is 5.32 Å². The van der Waals surface area contributed by atoms with E-state index in [0.717, 1.165) is 0 Å². The highest BCUT2D eigenvalue weighted by atomic mass is 79.9. The standard InChI is InChI=1S/C20H23BrN2O5/c1-4-22-18(24)12-28-15-8-6-14(7-9-15)23-20(25)13-10-16(21)19(27-5-2)17(11-13)26-3/h6-11H,4-5,12H2,1-3H3,(H,22,24)(H,23,25). The predicted molar refractivity (Wildman–Crippen MR) is 110 cm³/mol. The highest BCUT2D eigenvalue weighted by Crippen LogP contribution is 2.36. The van der Waals surface area contributed by atoms with E-state index in [0.29, 0.717) is 46.1 Å². The fourth-order valence-electron chi connectivity index (χ4n) is 2.37. The summed E-state index contributed by atoms with van der Waals surface area (Å²) in [6.07, 6.45) is 0. The van der Waals surface area contributed by atoms with Crippen LogP contribution in [0.25, 0.3) is 0 Å². The van der Waals surface area contributed by atoms with Gasteiger partial charge in [0.2, 0.25) is 0 Å². The maximum atomic E-state index is 12.6. The number of nitrogens with one attached hydrogen (secondary N) is 2. The van der Waals surface area contributed by atoms with E-state index in [4.69, 9.17) is 14.2 Å². The molecule has 150 valence electrons. The Bertz CT molecular complexity index is 824. The maximum absolute atomic E-state index is 12.6. The molecule has 0 bridgehead atoms. The topological polar surface area (TPSA) is 85.9 Å². The van der Waals surface area contributed by atoms with Crippen molar-refractivity contribution in [3.05, 3.63) is 46.4 Å². The maximum Gasteiger partial charge on any atom is 0.257 e. The number of ether oxygens (including phenoxy) is 3. The van der Waals surface area contributed by atoms with Gasteiger partial charge in [-0.2, -0.15) is 0 Å². The third kappa shape index (κ3) is 5.88. The second-order valence-corrected chi connectivity index (χ2v) is 6.50. The number of anilines is 1. The number of hydrogen-bond donors (Lipinski definition) is 2. The van der Waals surface area contributed by atoms with Crippen LogP contribution in [0.5, 0.6) is 17.2 Å². The van der Waals surface area contributed by atoms with Gasteiger partial charge in [-0.1, -0.05) is 0 Å². The number of likely N-dealkylation sites (N-methyl/N-ethyl adjacent to an activating group) is 1. The fourth-order valence-corrected chi connectivity index (χ4v) is 2.93. The molecule has 0 saturated carbocycles. The molecule has 2 amide bonds. The van der Waals surface area contributed by atoms with Crippen LogP contribution in [0, 0.1) is 0 Å². The molecule has 28 heavy (non-hydrogen) atoms. The fraction of sp³-hybridized carbons (Fsp3) is 0.300. The molecule has 2 aromatic rings. The van der Waals surface area contributed by atoms with E-state index in [-0.39, 0.29) is 18.4 Å². The number of carbonyl (C=O) groups is 2. The van der Waals surface area contributed by atoms with Crippen LogP contribution in [0.15, 0.2) is 40.9 Å². The van der Waals surface area contributed by atoms with Gasteiger partial charge in [0.1, 0.15) is 5.75 Å². The second kappa shape index (κ2) is 10.6. The highest BCUT2D eigenvalue weighted by molar-refractivity contribution is 9.10. The Hall–Kier alpha value is -2.74. The van der Waals surface area contributed by atoms with Crippen LogP contribution in [-0.4, -0.2) is 38.7 Å². The summed E-state index contributed by atoms with van der Waals surface area (Å²) in [5, 5.41) is 5.46. The largest absolute Gasteiger partial charge is 0.493 e. The first-order valence-corrected chi connectivity index (χ1v) is 9.59. The normalized spacial score (nSPS) is 10.1. The van der Waals surface area contributed by atoms with Crippen molar-refractivity contribution in [1.29, 1.82) is 0 Å². The van der Waals surface area contributed by atoms with Crippen LogP contribution in [0.4, 0.5) is 5.69 Å². The van der Waals surface area contributed by atoms with Crippen molar-refractivity contribution in [2.45, 2.75) is 13.8 Å². The minimum absolute atomic E-state index is 0.0560. The zero-order valence-corrected chi connectivity index (χ0v) is 17.6. The lowest BCUT2D eigenvalue weighted by atomic mass is 10.1. The molecule has 8 heteroatoms. The molecule has 0 saturated heterocycles. The number of carbonyl (C=O) groups excluding carboxylic acids is 2. The van der Waals surface area contributed by atoms with Gasteiger partial charge >= 0.3 is 0 Å². The summed E-state index contributed by atoms with van der Waals surface area (Å²) in [7, 11) is 1.52. The molecule has 0 spiro atoms. The molecule has 2 N–H and O–H groups in total. The molecule has 0 aliphatic heterocycles. The summed E-state index contributed by atoms with van der Waals surface area (Å²) in [5.74, 6) is 1.08. The molecule has 7 nitrogen and oxygen atoms in total. The van der Waals surface area contributed by atoms with Crippen LogP contribution >= 0.6 is 15.9 Å². The summed E-state index contributed by atoms with van der Waals surface area (Å²) in [6.45, 7) is 4.69. The third-order valence-corrected chi connectivity index (χ3v) is 4.23. The average molecular weight is 451 g/mol. The first-order valence-electron chi connectivity index (χ1n) is 8.79. The van der Waals surface area contributed by atoms with Crippen molar-refractivity contribution in [2.75, 3.05) is 32.2 Å². The lowest BCUT2D eigenvalue weighted by Crippen LogP contribution is -2.28. The quantitative estimate of drug-likeness (QED) is 0.609. The van der Waals surface area contributed by atoms with Crippen LogP contribution < -0.4 is 24.8 Å². The molecule has 0 fully saturated rings. The molecular weight excluding hydrogens is 428 g/mol. The number of amides is 2. The number of benzene rings is 2. The zero-order chi connectivity index (χ0) is 20.5.